The minimum Gasteiger partial charge on any atom is -0.507 e. The van der Waals surface area contributed by atoms with E-state index >= 15 is 0 Å². The predicted octanol–water partition coefficient (Wildman–Crippen LogP) is 3.48. The molecule has 1 fully saturated rings. The van der Waals surface area contributed by atoms with Crippen LogP contribution >= 0.6 is 0 Å². The Morgan fingerprint density at radius 2 is 1.89 bits per heavy atom. The van der Waals surface area contributed by atoms with Gasteiger partial charge < -0.3 is 19.5 Å². The maximum Gasteiger partial charge on any atom is 0.131 e. The largest absolute Gasteiger partial charge is 0.507 e. The number of quaternary nitrogens is 1. The number of ether oxygens (including phenoxy) is 2. The number of hydrogen-bond acceptors (Lipinski definition) is 3. The number of phenolic OH excluding ortho intramolecular Hbond substituents is 1. The predicted molar refractivity (Wildman–Crippen MR) is 107 cm³/mol. The normalized spacial score (nSPS) is 19.3. The lowest BCUT2D eigenvalue weighted by Gasteiger charge is -2.24. The van der Waals surface area contributed by atoms with E-state index < -0.39 is 0 Å². The van der Waals surface area contributed by atoms with E-state index in [1.807, 2.05) is 36.4 Å². The summed E-state index contributed by atoms with van der Waals surface area (Å²) < 4.78 is 11.0. The highest BCUT2D eigenvalue weighted by atomic mass is 16.5. The van der Waals surface area contributed by atoms with Gasteiger partial charge in [0.25, 0.3) is 0 Å². The summed E-state index contributed by atoms with van der Waals surface area (Å²) >= 11 is 0. The quantitative estimate of drug-likeness (QED) is 0.728. The van der Waals surface area contributed by atoms with Crippen LogP contribution in [0.3, 0.4) is 0 Å². The first-order valence-electron chi connectivity index (χ1n) is 9.47. The van der Waals surface area contributed by atoms with Gasteiger partial charge >= 0.3 is 0 Å². The van der Waals surface area contributed by atoms with Gasteiger partial charge in [0.2, 0.25) is 0 Å². The molecule has 0 bridgehead atoms. The number of nitrogens with one attached hydrogen (secondary N) is 1. The van der Waals surface area contributed by atoms with Crippen molar-refractivity contribution in [3.63, 3.8) is 0 Å². The third kappa shape index (κ3) is 3.33. The number of benzene rings is 3. The third-order valence-corrected chi connectivity index (χ3v) is 5.72. The molecule has 1 aliphatic rings. The van der Waals surface area contributed by atoms with Gasteiger partial charge in [-0.25, -0.2) is 0 Å². The number of methoxy groups -OCH3 is 2. The zero-order chi connectivity index (χ0) is 18.8. The molecule has 0 aromatic heterocycles. The standard InChI is InChI=1S/C23H25NO3/c1-26-17-10-11-19(23(14-17)27-2)21-8-5-13-24(21)15-20-18-7-4-3-6-16(18)9-12-22(20)25/h3-4,6-7,9-12,14,21,25H,5,8,13,15H2,1-2H3/p+1/t21-/m0/s1. The summed E-state index contributed by atoms with van der Waals surface area (Å²) in [6.45, 7) is 1.88. The molecule has 4 rings (SSSR count). The second-order valence-corrected chi connectivity index (χ2v) is 7.17. The fourth-order valence-corrected chi connectivity index (χ4v) is 4.34. The zero-order valence-corrected chi connectivity index (χ0v) is 15.9. The van der Waals surface area contributed by atoms with Crippen LogP contribution in [-0.2, 0) is 6.54 Å². The van der Waals surface area contributed by atoms with E-state index in [0.717, 1.165) is 42.0 Å². The second kappa shape index (κ2) is 7.49. The monoisotopic (exact) mass is 364 g/mol. The minimum atomic E-state index is 0.351. The SMILES string of the molecule is COc1ccc([C@@H]2CCC[NH+]2Cc2c(O)ccc3ccccc23)c(OC)c1. The lowest BCUT2D eigenvalue weighted by molar-refractivity contribution is -0.931. The molecule has 140 valence electrons. The van der Waals surface area contributed by atoms with Gasteiger partial charge in [-0.1, -0.05) is 30.3 Å². The highest BCUT2D eigenvalue weighted by molar-refractivity contribution is 5.87. The summed E-state index contributed by atoms with van der Waals surface area (Å²) in [5.41, 5.74) is 2.24. The van der Waals surface area contributed by atoms with E-state index in [2.05, 4.69) is 18.2 Å². The maximum atomic E-state index is 10.5. The molecule has 4 heteroatoms. The average Bonchev–Trinajstić information content (AvgIpc) is 3.17. The first-order chi connectivity index (χ1) is 13.2. The van der Waals surface area contributed by atoms with E-state index in [-0.39, 0.29) is 0 Å². The Kier molecular flexibility index (Phi) is 4.90. The van der Waals surface area contributed by atoms with Gasteiger partial charge in [0, 0.05) is 18.9 Å². The molecule has 1 aliphatic heterocycles. The molecular weight excluding hydrogens is 338 g/mol. The summed E-state index contributed by atoms with van der Waals surface area (Å²) in [5, 5.41) is 12.8. The number of aromatic hydroxyl groups is 1. The first kappa shape index (κ1) is 17.7. The highest BCUT2D eigenvalue weighted by Gasteiger charge is 2.33. The number of fused-ring (bicyclic) bond motifs is 1. The van der Waals surface area contributed by atoms with Crippen molar-refractivity contribution in [2.45, 2.75) is 25.4 Å². The smallest absolute Gasteiger partial charge is 0.131 e. The molecule has 3 aromatic carbocycles. The van der Waals surface area contributed by atoms with Crippen molar-refractivity contribution in [1.29, 1.82) is 0 Å². The molecule has 0 saturated carbocycles. The Bertz CT molecular complexity index is 954. The van der Waals surface area contributed by atoms with Crippen LogP contribution in [0.2, 0.25) is 0 Å². The van der Waals surface area contributed by atoms with Crippen LogP contribution in [0.1, 0.15) is 30.0 Å². The van der Waals surface area contributed by atoms with Crippen LogP contribution in [0.15, 0.2) is 54.6 Å². The molecule has 1 heterocycles. The van der Waals surface area contributed by atoms with Crippen LogP contribution in [0.25, 0.3) is 10.8 Å². The lowest BCUT2D eigenvalue weighted by Crippen LogP contribution is -3.08. The Balaban J connectivity index is 1.68. The van der Waals surface area contributed by atoms with E-state index in [0.29, 0.717) is 11.8 Å². The summed E-state index contributed by atoms with van der Waals surface area (Å²) in [7, 11) is 3.38. The summed E-state index contributed by atoms with van der Waals surface area (Å²) in [6, 6.07) is 18.5. The topological polar surface area (TPSA) is 43.1 Å². The lowest BCUT2D eigenvalue weighted by atomic mass is 10.0. The maximum absolute atomic E-state index is 10.5. The Hall–Kier alpha value is -2.72. The van der Waals surface area contributed by atoms with Gasteiger partial charge in [-0.05, 0) is 29.0 Å². The molecular formula is C23H26NO3+. The van der Waals surface area contributed by atoms with Gasteiger partial charge in [-0.3, -0.25) is 0 Å². The number of hydrogen-bond donors (Lipinski definition) is 2. The molecule has 2 N–H and O–H groups in total. The fraction of sp³-hybridized carbons (Fsp3) is 0.304. The van der Waals surface area contributed by atoms with Crippen molar-refractivity contribution in [3.8, 4) is 17.2 Å². The fourth-order valence-electron chi connectivity index (χ4n) is 4.34. The minimum absolute atomic E-state index is 0.351. The van der Waals surface area contributed by atoms with E-state index in [1.54, 1.807) is 14.2 Å². The molecule has 0 amide bonds. The third-order valence-electron chi connectivity index (χ3n) is 5.72. The van der Waals surface area contributed by atoms with Crippen LogP contribution in [0.4, 0.5) is 0 Å². The Labute approximate surface area is 160 Å². The summed E-state index contributed by atoms with van der Waals surface area (Å²) in [5.74, 6) is 2.07. The molecule has 4 nitrogen and oxygen atoms in total. The van der Waals surface area contributed by atoms with Gasteiger partial charge in [0.15, 0.2) is 0 Å². The van der Waals surface area contributed by atoms with Gasteiger partial charge in [0.05, 0.1) is 31.9 Å². The van der Waals surface area contributed by atoms with E-state index in [4.69, 9.17) is 9.47 Å². The molecule has 1 unspecified atom stereocenters. The van der Waals surface area contributed by atoms with Gasteiger partial charge in [0.1, 0.15) is 29.8 Å². The van der Waals surface area contributed by atoms with Crippen LogP contribution < -0.4 is 14.4 Å². The van der Waals surface area contributed by atoms with Gasteiger partial charge in [-0.2, -0.15) is 0 Å². The molecule has 0 spiro atoms. The van der Waals surface area contributed by atoms with Crippen molar-refractivity contribution < 1.29 is 19.5 Å². The number of phenols is 1. The van der Waals surface area contributed by atoms with Crippen LogP contribution in [0, 0.1) is 0 Å². The molecule has 27 heavy (non-hydrogen) atoms. The number of rotatable bonds is 5. The van der Waals surface area contributed by atoms with Crippen molar-refractivity contribution in [1.82, 2.24) is 0 Å². The number of likely N-dealkylation sites (tertiary alicyclic amines) is 1. The van der Waals surface area contributed by atoms with Crippen LogP contribution in [-0.4, -0.2) is 25.9 Å². The molecule has 1 saturated heterocycles. The summed E-state index contributed by atoms with van der Waals surface area (Å²) in [4.78, 5) is 1.46. The van der Waals surface area contributed by atoms with E-state index in [9.17, 15) is 5.11 Å². The Morgan fingerprint density at radius 3 is 2.70 bits per heavy atom. The average molecular weight is 364 g/mol. The molecule has 0 aliphatic carbocycles. The first-order valence-corrected chi connectivity index (χ1v) is 9.47. The Morgan fingerprint density at radius 1 is 1.04 bits per heavy atom. The molecule has 3 aromatic rings. The van der Waals surface area contributed by atoms with Crippen molar-refractivity contribution >= 4 is 10.8 Å². The molecule has 2 atom stereocenters. The highest BCUT2D eigenvalue weighted by Crippen LogP contribution is 2.33. The summed E-state index contributed by atoms with van der Waals surface area (Å²) in [6.07, 6.45) is 2.28. The van der Waals surface area contributed by atoms with E-state index in [1.165, 1.54) is 22.3 Å². The van der Waals surface area contributed by atoms with Crippen molar-refractivity contribution in [2.24, 2.45) is 0 Å². The van der Waals surface area contributed by atoms with Crippen LogP contribution in [0.5, 0.6) is 17.2 Å². The molecule has 0 radical (unpaired) electrons. The van der Waals surface area contributed by atoms with Crippen molar-refractivity contribution in [2.75, 3.05) is 20.8 Å². The van der Waals surface area contributed by atoms with Crippen molar-refractivity contribution in [3.05, 3.63) is 65.7 Å². The second-order valence-electron chi connectivity index (χ2n) is 7.17. The van der Waals surface area contributed by atoms with Gasteiger partial charge in [-0.15, -0.1) is 0 Å². The zero-order valence-electron chi connectivity index (χ0n) is 15.9.